The van der Waals surface area contributed by atoms with Crippen LogP contribution >= 0.6 is 23.2 Å². The summed E-state index contributed by atoms with van der Waals surface area (Å²) in [7, 11) is 3.06. The highest BCUT2D eigenvalue weighted by Crippen LogP contribution is 2.43. The van der Waals surface area contributed by atoms with E-state index in [2.05, 4.69) is 10.3 Å². The smallest absolute Gasteiger partial charge is 0.269 e. The number of nitrogens with zero attached hydrogens (tertiary/aromatic N) is 3. The van der Waals surface area contributed by atoms with Gasteiger partial charge in [0.05, 0.1) is 24.1 Å². The van der Waals surface area contributed by atoms with Gasteiger partial charge in [-0.2, -0.15) is 0 Å². The normalized spacial score (nSPS) is 15.6. The van der Waals surface area contributed by atoms with E-state index in [1.807, 2.05) is 0 Å². The first-order valence-electron chi connectivity index (χ1n) is 10.2. The number of anilines is 2. The van der Waals surface area contributed by atoms with Gasteiger partial charge in [0.2, 0.25) is 5.88 Å². The van der Waals surface area contributed by atoms with E-state index in [1.54, 1.807) is 62.8 Å². The number of hydrogen-bond donors (Lipinski definition) is 2. The number of rotatable bonds is 6. The van der Waals surface area contributed by atoms with E-state index in [0.29, 0.717) is 28.0 Å². The van der Waals surface area contributed by atoms with Gasteiger partial charge in [-0.1, -0.05) is 35.3 Å². The number of benzene rings is 1. The van der Waals surface area contributed by atoms with Gasteiger partial charge in [0.1, 0.15) is 16.8 Å². The Labute approximate surface area is 205 Å². The molecule has 0 bridgehead atoms. The van der Waals surface area contributed by atoms with Gasteiger partial charge in [0, 0.05) is 30.2 Å². The summed E-state index contributed by atoms with van der Waals surface area (Å²) in [5.41, 5.74) is 2.04. The van der Waals surface area contributed by atoms with Crippen LogP contribution < -0.4 is 20.5 Å². The summed E-state index contributed by atoms with van der Waals surface area (Å²) < 4.78 is 6.69. The van der Waals surface area contributed by atoms with Crippen molar-refractivity contribution < 1.29 is 9.53 Å². The molecule has 1 atom stereocenters. The van der Waals surface area contributed by atoms with Crippen LogP contribution in [0.5, 0.6) is 5.88 Å². The molecule has 2 N–H and O–H groups in total. The fourth-order valence-corrected chi connectivity index (χ4v) is 4.29. The van der Waals surface area contributed by atoms with E-state index in [-0.39, 0.29) is 21.9 Å². The van der Waals surface area contributed by atoms with Crippen molar-refractivity contribution in [3.8, 4) is 5.88 Å². The van der Waals surface area contributed by atoms with Gasteiger partial charge >= 0.3 is 0 Å². The zero-order chi connectivity index (χ0) is 24.6. The van der Waals surface area contributed by atoms with Crippen LogP contribution in [0.1, 0.15) is 18.5 Å². The van der Waals surface area contributed by atoms with Crippen LogP contribution in [-0.2, 0) is 11.8 Å². The minimum absolute atomic E-state index is 0.0221. The highest BCUT2D eigenvalue weighted by atomic mass is 35.5. The van der Waals surface area contributed by atoms with Crippen molar-refractivity contribution in [1.29, 1.82) is 5.41 Å². The number of amides is 1. The number of aryl methyl sites for hydroxylation is 1. The maximum absolute atomic E-state index is 13.7. The van der Waals surface area contributed by atoms with Gasteiger partial charge in [-0.25, -0.2) is 4.98 Å². The SMILES string of the molecule is COc1ncccc1NC1=C(C(C)=N)C(=O)N(c2cc(Cl)c(=O)n(C)c2)C1c1ccc(Cl)cc1. The third-order valence-corrected chi connectivity index (χ3v) is 5.95. The number of ether oxygens (including phenoxy) is 1. The van der Waals surface area contributed by atoms with Crippen molar-refractivity contribution in [2.45, 2.75) is 13.0 Å². The molecule has 4 rings (SSSR count). The summed E-state index contributed by atoms with van der Waals surface area (Å²) in [6.45, 7) is 1.55. The zero-order valence-corrected chi connectivity index (χ0v) is 20.1. The molecule has 3 heterocycles. The van der Waals surface area contributed by atoms with Gasteiger partial charge in [0.25, 0.3) is 11.5 Å². The Hall–Kier alpha value is -3.62. The van der Waals surface area contributed by atoms with Crippen LogP contribution in [0.2, 0.25) is 10.0 Å². The van der Waals surface area contributed by atoms with Crippen LogP contribution in [0, 0.1) is 5.41 Å². The van der Waals surface area contributed by atoms with Crippen molar-refractivity contribution in [1.82, 2.24) is 9.55 Å². The molecular weight excluding hydrogens is 477 g/mol. The first kappa shape index (κ1) is 23.5. The average Bonchev–Trinajstić information content (AvgIpc) is 3.09. The molecule has 1 aliphatic heterocycles. The number of nitrogens with one attached hydrogen (secondary N) is 2. The van der Waals surface area contributed by atoms with E-state index < -0.39 is 11.9 Å². The maximum atomic E-state index is 13.7. The lowest BCUT2D eigenvalue weighted by Gasteiger charge is -2.28. The first-order valence-corrected chi connectivity index (χ1v) is 11.0. The van der Waals surface area contributed by atoms with E-state index in [1.165, 1.54) is 22.6 Å². The molecule has 1 aliphatic rings. The van der Waals surface area contributed by atoms with Crippen LogP contribution in [0.15, 0.2) is 70.9 Å². The van der Waals surface area contributed by atoms with Crippen LogP contribution in [-0.4, -0.2) is 28.3 Å². The number of halogens is 2. The summed E-state index contributed by atoms with van der Waals surface area (Å²) in [6, 6.07) is 11.4. The lowest BCUT2D eigenvalue weighted by atomic mass is 10.0. The molecule has 8 nitrogen and oxygen atoms in total. The van der Waals surface area contributed by atoms with Crippen molar-refractivity contribution in [2.24, 2.45) is 7.05 Å². The quantitative estimate of drug-likeness (QED) is 0.485. The Bertz CT molecular complexity index is 1360. The Kier molecular flexibility index (Phi) is 6.45. The number of hydrogen-bond acceptors (Lipinski definition) is 6. The largest absolute Gasteiger partial charge is 0.480 e. The molecular formula is C24H21Cl2N5O3. The van der Waals surface area contributed by atoms with E-state index in [9.17, 15) is 9.59 Å². The number of aromatic nitrogens is 2. The van der Waals surface area contributed by atoms with E-state index in [4.69, 9.17) is 33.3 Å². The Morgan fingerprint density at radius 1 is 1.18 bits per heavy atom. The molecule has 1 amide bonds. The monoisotopic (exact) mass is 497 g/mol. The predicted molar refractivity (Wildman–Crippen MR) is 133 cm³/mol. The van der Waals surface area contributed by atoms with Gasteiger partial charge in [-0.15, -0.1) is 0 Å². The Balaban J connectivity index is 1.95. The molecule has 3 aromatic rings. The number of methoxy groups -OCH3 is 1. The zero-order valence-electron chi connectivity index (χ0n) is 18.6. The lowest BCUT2D eigenvalue weighted by Crippen LogP contribution is -2.33. The lowest BCUT2D eigenvalue weighted by molar-refractivity contribution is -0.114. The molecule has 0 aliphatic carbocycles. The summed E-state index contributed by atoms with van der Waals surface area (Å²) in [5, 5.41) is 12.2. The summed E-state index contributed by atoms with van der Waals surface area (Å²) in [6.07, 6.45) is 3.13. The van der Waals surface area contributed by atoms with Gasteiger partial charge in [-0.05, 0) is 42.8 Å². The Morgan fingerprint density at radius 3 is 2.50 bits per heavy atom. The van der Waals surface area contributed by atoms with Gasteiger partial charge in [0.15, 0.2) is 0 Å². The molecule has 2 aromatic heterocycles. The molecule has 174 valence electrons. The van der Waals surface area contributed by atoms with Gasteiger partial charge in [-0.3, -0.25) is 14.5 Å². The molecule has 1 unspecified atom stereocenters. The number of pyridine rings is 2. The van der Waals surface area contributed by atoms with Crippen molar-refractivity contribution in [3.05, 3.63) is 92.1 Å². The molecule has 10 heteroatoms. The van der Waals surface area contributed by atoms with Crippen LogP contribution in [0.3, 0.4) is 0 Å². The molecule has 0 saturated heterocycles. The van der Waals surface area contributed by atoms with Crippen LogP contribution in [0.25, 0.3) is 0 Å². The second kappa shape index (κ2) is 9.32. The van der Waals surface area contributed by atoms with Gasteiger partial charge < -0.3 is 20.0 Å². The third-order valence-electron chi connectivity index (χ3n) is 5.43. The molecule has 0 radical (unpaired) electrons. The van der Waals surface area contributed by atoms with Crippen molar-refractivity contribution in [2.75, 3.05) is 17.3 Å². The second-order valence-electron chi connectivity index (χ2n) is 7.69. The topological polar surface area (TPSA) is 100 Å². The summed E-state index contributed by atoms with van der Waals surface area (Å²) in [4.78, 5) is 31.7. The van der Waals surface area contributed by atoms with Crippen molar-refractivity contribution in [3.63, 3.8) is 0 Å². The minimum atomic E-state index is -0.668. The third kappa shape index (κ3) is 4.18. The second-order valence-corrected chi connectivity index (χ2v) is 8.53. The van der Waals surface area contributed by atoms with E-state index in [0.717, 1.165) is 5.56 Å². The molecule has 1 aromatic carbocycles. The predicted octanol–water partition coefficient (Wildman–Crippen LogP) is 4.59. The highest BCUT2D eigenvalue weighted by molar-refractivity contribution is 6.31. The average molecular weight is 498 g/mol. The molecule has 0 spiro atoms. The fourth-order valence-electron chi connectivity index (χ4n) is 3.92. The number of carbonyl (C=O) groups is 1. The first-order chi connectivity index (χ1) is 16.2. The highest BCUT2D eigenvalue weighted by Gasteiger charge is 2.42. The molecule has 34 heavy (non-hydrogen) atoms. The summed E-state index contributed by atoms with van der Waals surface area (Å²) in [5.74, 6) is -0.0737. The Morgan fingerprint density at radius 2 is 1.88 bits per heavy atom. The summed E-state index contributed by atoms with van der Waals surface area (Å²) >= 11 is 12.3. The maximum Gasteiger partial charge on any atom is 0.269 e. The molecule has 0 saturated carbocycles. The standard InChI is InChI=1S/C24H21Cl2N5O3/c1-13(27)19-20(29-18-5-4-10-28-22(18)34-3)21(14-6-8-15(25)9-7-14)31(24(19)33)16-11-17(26)23(32)30(2)12-16/h4-12,21,27,29H,1-3H3. The van der Waals surface area contributed by atoms with Crippen LogP contribution in [0.4, 0.5) is 11.4 Å². The fraction of sp³-hybridized carbons (Fsp3) is 0.167. The van der Waals surface area contributed by atoms with Crippen molar-refractivity contribution >= 4 is 46.2 Å². The minimum Gasteiger partial charge on any atom is -0.480 e. The number of carbonyl (C=O) groups excluding carboxylic acids is 1. The van der Waals surface area contributed by atoms with E-state index >= 15 is 0 Å². The molecule has 0 fully saturated rings.